The lowest BCUT2D eigenvalue weighted by Crippen LogP contribution is -2.11. The summed E-state index contributed by atoms with van der Waals surface area (Å²) in [5.41, 5.74) is 0.123. The number of aromatic carboxylic acids is 1. The summed E-state index contributed by atoms with van der Waals surface area (Å²) in [5.74, 6) is -1.33. The zero-order valence-corrected chi connectivity index (χ0v) is 9.03. The highest BCUT2D eigenvalue weighted by atomic mass is 19.1. The molecule has 3 nitrogen and oxygen atoms in total. The number of carbonyl (C=O) groups is 1. The molecule has 0 radical (unpaired) electrons. The standard InChI is InChI=1S/C12H14FNO2/c1-2-7-6-10(7)14-9-5-3-4-8(13)11(9)12(15)16/h3-5,7,10,14H,2,6H2,1H3,(H,15,16). The van der Waals surface area contributed by atoms with Crippen molar-refractivity contribution in [1.82, 2.24) is 0 Å². The maximum Gasteiger partial charge on any atom is 0.340 e. The molecule has 0 heterocycles. The van der Waals surface area contributed by atoms with Gasteiger partial charge >= 0.3 is 5.97 Å². The maximum absolute atomic E-state index is 13.3. The summed E-state index contributed by atoms with van der Waals surface area (Å²) in [7, 11) is 0. The molecule has 1 aromatic rings. The van der Waals surface area contributed by atoms with Gasteiger partial charge in [0.1, 0.15) is 11.4 Å². The van der Waals surface area contributed by atoms with E-state index in [2.05, 4.69) is 12.2 Å². The van der Waals surface area contributed by atoms with Gasteiger partial charge in [0.2, 0.25) is 0 Å². The molecule has 1 aliphatic rings. The van der Waals surface area contributed by atoms with Gasteiger partial charge in [-0.2, -0.15) is 0 Å². The Bertz CT molecular complexity index is 419. The minimum Gasteiger partial charge on any atom is -0.478 e. The summed E-state index contributed by atoms with van der Waals surface area (Å²) in [6, 6.07) is 4.59. The van der Waals surface area contributed by atoms with Crippen LogP contribution in [0.3, 0.4) is 0 Å². The maximum atomic E-state index is 13.3. The van der Waals surface area contributed by atoms with Gasteiger partial charge in [-0.25, -0.2) is 9.18 Å². The van der Waals surface area contributed by atoms with Crippen LogP contribution in [0.15, 0.2) is 18.2 Å². The zero-order chi connectivity index (χ0) is 11.7. The van der Waals surface area contributed by atoms with E-state index in [-0.39, 0.29) is 5.56 Å². The fraction of sp³-hybridized carbons (Fsp3) is 0.417. The molecule has 1 fully saturated rings. The lowest BCUT2D eigenvalue weighted by atomic mass is 10.1. The Hall–Kier alpha value is -1.58. The summed E-state index contributed by atoms with van der Waals surface area (Å²) in [5, 5.41) is 12.0. The smallest absolute Gasteiger partial charge is 0.340 e. The summed E-state index contributed by atoms with van der Waals surface area (Å²) in [4.78, 5) is 10.9. The number of hydrogen-bond donors (Lipinski definition) is 2. The Morgan fingerprint density at radius 1 is 1.62 bits per heavy atom. The third kappa shape index (κ3) is 2.01. The Morgan fingerprint density at radius 2 is 2.38 bits per heavy atom. The number of carboxylic acids is 1. The predicted octanol–water partition coefficient (Wildman–Crippen LogP) is 2.73. The van der Waals surface area contributed by atoms with Gasteiger partial charge in [0.25, 0.3) is 0 Å². The molecular formula is C12H14FNO2. The van der Waals surface area contributed by atoms with Crippen molar-refractivity contribution in [2.45, 2.75) is 25.8 Å². The molecule has 2 rings (SSSR count). The van der Waals surface area contributed by atoms with E-state index in [1.165, 1.54) is 12.1 Å². The topological polar surface area (TPSA) is 49.3 Å². The molecular weight excluding hydrogens is 209 g/mol. The number of anilines is 1. The van der Waals surface area contributed by atoms with E-state index in [1.807, 2.05) is 0 Å². The van der Waals surface area contributed by atoms with Crippen LogP contribution < -0.4 is 5.32 Å². The van der Waals surface area contributed by atoms with Crippen molar-refractivity contribution in [2.24, 2.45) is 5.92 Å². The van der Waals surface area contributed by atoms with Crippen molar-refractivity contribution in [3.63, 3.8) is 0 Å². The van der Waals surface area contributed by atoms with Crippen molar-refractivity contribution < 1.29 is 14.3 Å². The van der Waals surface area contributed by atoms with Crippen LogP contribution in [0.25, 0.3) is 0 Å². The van der Waals surface area contributed by atoms with Crippen LogP contribution in [0.1, 0.15) is 30.1 Å². The van der Waals surface area contributed by atoms with E-state index in [1.54, 1.807) is 6.07 Å². The molecule has 0 amide bonds. The molecule has 2 unspecified atom stereocenters. The lowest BCUT2D eigenvalue weighted by molar-refractivity contribution is 0.0693. The highest BCUT2D eigenvalue weighted by Gasteiger charge is 2.36. The largest absolute Gasteiger partial charge is 0.478 e. The number of hydrogen-bond acceptors (Lipinski definition) is 2. The second kappa shape index (κ2) is 4.12. The second-order valence-corrected chi connectivity index (χ2v) is 4.12. The molecule has 2 N–H and O–H groups in total. The predicted molar refractivity (Wildman–Crippen MR) is 59.2 cm³/mol. The zero-order valence-electron chi connectivity index (χ0n) is 9.03. The number of rotatable bonds is 4. The van der Waals surface area contributed by atoms with Crippen LogP contribution in [0, 0.1) is 11.7 Å². The SMILES string of the molecule is CCC1CC1Nc1cccc(F)c1C(=O)O. The summed E-state index contributed by atoms with van der Waals surface area (Å²) < 4.78 is 13.3. The number of carboxylic acid groups (broad SMARTS) is 1. The third-order valence-electron chi connectivity index (χ3n) is 3.02. The average Bonchev–Trinajstić information content (AvgIpc) is 2.96. The summed E-state index contributed by atoms with van der Waals surface area (Å²) in [6.45, 7) is 2.09. The first-order chi connectivity index (χ1) is 7.63. The first-order valence-corrected chi connectivity index (χ1v) is 5.41. The molecule has 2 atom stereocenters. The van der Waals surface area contributed by atoms with E-state index in [0.29, 0.717) is 17.6 Å². The van der Waals surface area contributed by atoms with Crippen LogP contribution in [0.4, 0.5) is 10.1 Å². The van der Waals surface area contributed by atoms with E-state index in [4.69, 9.17) is 5.11 Å². The van der Waals surface area contributed by atoms with E-state index in [9.17, 15) is 9.18 Å². The van der Waals surface area contributed by atoms with Gasteiger partial charge in [-0.1, -0.05) is 19.4 Å². The van der Waals surface area contributed by atoms with Crippen molar-refractivity contribution in [2.75, 3.05) is 5.32 Å². The first kappa shape index (κ1) is 10.9. The Labute approximate surface area is 93.3 Å². The number of nitrogens with one attached hydrogen (secondary N) is 1. The van der Waals surface area contributed by atoms with Crippen molar-refractivity contribution >= 4 is 11.7 Å². The van der Waals surface area contributed by atoms with E-state index in [0.717, 1.165) is 12.8 Å². The molecule has 0 aromatic heterocycles. The Kier molecular flexibility index (Phi) is 2.81. The highest BCUT2D eigenvalue weighted by molar-refractivity contribution is 5.94. The Morgan fingerprint density at radius 3 is 2.94 bits per heavy atom. The summed E-state index contributed by atoms with van der Waals surface area (Å²) in [6.07, 6.45) is 2.10. The molecule has 1 saturated carbocycles. The average molecular weight is 223 g/mol. The summed E-state index contributed by atoms with van der Waals surface area (Å²) >= 11 is 0. The quantitative estimate of drug-likeness (QED) is 0.825. The second-order valence-electron chi connectivity index (χ2n) is 4.12. The van der Waals surface area contributed by atoms with Crippen molar-refractivity contribution in [1.29, 1.82) is 0 Å². The fourth-order valence-corrected chi connectivity index (χ4v) is 1.94. The van der Waals surface area contributed by atoms with Crippen LogP contribution in [0.5, 0.6) is 0 Å². The molecule has 0 aliphatic heterocycles. The van der Waals surface area contributed by atoms with Gasteiger partial charge < -0.3 is 10.4 Å². The van der Waals surface area contributed by atoms with E-state index >= 15 is 0 Å². The van der Waals surface area contributed by atoms with Gasteiger partial charge in [0, 0.05) is 6.04 Å². The normalized spacial score (nSPS) is 22.9. The molecule has 16 heavy (non-hydrogen) atoms. The number of halogens is 1. The van der Waals surface area contributed by atoms with Gasteiger partial charge in [0.05, 0.1) is 5.69 Å². The molecule has 0 spiro atoms. The molecule has 1 aliphatic carbocycles. The van der Waals surface area contributed by atoms with Crippen LogP contribution >= 0.6 is 0 Å². The fourth-order valence-electron chi connectivity index (χ4n) is 1.94. The monoisotopic (exact) mass is 223 g/mol. The minimum atomic E-state index is -1.23. The van der Waals surface area contributed by atoms with Gasteiger partial charge in [-0.15, -0.1) is 0 Å². The molecule has 4 heteroatoms. The highest BCUT2D eigenvalue weighted by Crippen LogP contribution is 2.37. The Balaban J connectivity index is 2.20. The van der Waals surface area contributed by atoms with Gasteiger partial charge in [-0.3, -0.25) is 0 Å². The third-order valence-corrected chi connectivity index (χ3v) is 3.02. The lowest BCUT2D eigenvalue weighted by Gasteiger charge is -2.09. The van der Waals surface area contributed by atoms with E-state index < -0.39 is 11.8 Å². The molecule has 0 bridgehead atoms. The number of benzene rings is 1. The first-order valence-electron chi connectivity index (χ1n) is 5.41. The minimum absolute atomic E-state index is 0.260. The van der Waals surface area contributed by atoms with Crippen molar-refractivity contribution in [3.8, 4) is 0 Å². The van der Waals surface area contributed by atoms with Gasteiger partial charge in [0.15, 0.2) is 0 Å². The van der Waals surface area contributed by atoms with Gasteiger partial charge in [-0.05, 0) is 24.5 Å². The van der Waals surface area contributed by atoms with Crippen LogP contribution in [0.2, 0.25) is 0 Å². The molecule has 0 saturated heterocycles. The molecule has 1 aromatic carbocycles. The van der Waals surface area contributed by atoms with Crippen LogP contribution in [-0.4, -0.2) is 17.1 Å². The van der Waals surface area contributed by atoms with Crippen LogP contribution in [-0.2, 0) is 0 Å². The molecule has 86 valence electrons. The van der Waals surface area contributed by atoms with Crippen molar-refractivity contribution in [3.05, 3.63) is 29.6 Å².